The van der Waals surface area contributed by atoms with Crippen LogP contribution in [0.4, 0.5) is 4.79 Å². The number of methoxy groups -OCH3 is 1. The van der Waals surface area contributed by atoms with Crippen molar-refractivity contribution in [3.63, 3.8) is 0 Å². The molecule has 0 atom stereocenters. The van der Waals surface area contributed by atoms with Gasteiger partial charge in [0.25, 0.3) is 5.91 Å². The lowest BCUT2D eigenvalue weighted by molar-refractivity contribution is -0.127. The third-order valence-corrected chi connectivity index (χ3v) is 3.68. The average molecular weight is 272 g/mol. The molecule has 0 aliphatic carbocycles. The van der Waals surface area contributed by atoms with Gasteiger partial charge in [-0.1, -0.05) is 13.8 Å². The number of hydrogen-bond donors (Lipinski definition) is 1. The second kappa shape index (κ2) is 7.45. The van der Waals surface area contributed by atoms with Crippen LogP contribution in [0.3, 0.4) is 0 Å². The van der Waals surface area contributed by atoms with Crippen molar-refractivity contribution in [1.29, 1.82) is 0 Å². The van der Waals surface area contributed by atoms with Crippen LogP contribution in [0.1, 0.15) is 33.1 Å². The predicted octanol–water partition coefficient (Wildman–Crippen LogP) is 1.15. The molecule has 110 valence electrons. The summed E-state index contributed by atoms with van der Waals surface area (Å²) in [6.07, 6.45) is 1.98. The maximum Gasteiger partial charge on any atom is 0.325 e. The largest absolute Gasteiger partial charge is 0.382 e. The summed E-state index contributed by atoms with van der Waals surface area (Å²) in [7, 11) is 1.63. The Kier molecular flexibility index (Phi) is 6.24. The van der Waals surface area contributed by atoms with E-state index in [2.05, 4.69) is 5.32 Å². The summed E-state index contributed by atoms with van der Waals surface area (Å²) >= 11 is 0. The van der Waals surface area contributed by atoms with Crippen LogP contribution in [0.25, 0.3) is 0 Å². The van der Waals surface area contributed by atoms with Crippen molar-refractivity contribution >= 4 is 11.9 Å². The number of ether oxygens (including phenoxy) is 2. The fraction of sp³-hybridized carbons (Fsp3) is 0.846. The van der Waals surface area contributed by atoms with Crippen molar-refractivity contribution in [1.82, 2.24) is 10.2 Å². The van der Waals surface area contributed by atoms with Crippen molar-refractivity contribution in [2.75, 3.05) is 33.5 Å². The van der Waals surface area contributed by atoms with Gasteiger partial charge >= 0.3 is 6.03 Å². The molecule has 0 radical (unpaired) electrons. The molecule has 0 aromatic rings. The molecule has 1 heterocycles. The van der Waals surface area contributed by atoms with Crippen LogP contribution in [-0.4, -0.2) is 55.9 Å². The zero-order valence-corrected chi connectivity index (χ0v) is 12.0. The van der Waals surface area contributed by atoms with Crippen LogP contribution >= 0.6 is 0 Å². The summed E-state index contributed by atoms with van der Waals surface area (Å²) < 4.78 is 10.2. The maximum atomic E-state index is 11.9. The summed E-state index contributed by atoms with van der Waals surface area (Å²) in [6, 6.07) is -0.286. The summed E-state index contributed by atoms with van der Waals surface area (Å²) in [5.74, 6) is -0.178. The van der Waals surface area contributed by atoms with Crippen LogP contribution in [0, 0.1) is 0 Å². The van der Waals surface area contributed by atoms with Crippen LogP contribution in [0.15, 0.2) is 0 Å². The number of nitrogens with zero attached hydrogens (tertiary/aromatic N) is 1. The summed E-state index contributed by atoms with van der Waals surface area (Å²) in [5.41, 5.74) is -0.677. The maximum absolute atomic E-state index is 11.9. The molecule has 1 rings (SSSR count). The normalized spacial score (nSPS) is 17.9. The molecule has 0 aromatic heterocycles. The summed E-state index contributed by atoms with van der Waals surface area (Å²) in [5, 5.41) is 2.41. The van der Waals surface area contributed by atoms with E-state index in [-0.39, 0.29) is 11.9 Å². The van der Waals surface area contributed by atoms with Gasteiger partial charge in [-0.3, -0.25) is 10.1 Å². The first-order chi connectivity index (χ1) is 9.12. The number of carbonyl (C=O) groups excluding carboxylic acids is 2. The average Bonchev–Trinajstić information content (AvgIpc) is 2.65. The highest BCUT2D eigenvalue weighted by atomic mass is 16.5. The van der Waals surface area contributed by atoms with Crippen molar-refractivity contribution in [3.8, 4) is 0 Å². The highest BCUT2D eigenvalue weighted by molar-refractivity contribution is 6.06. The summed E-state index contributed by atoms with van der Waals surface area (Å²) in [6.45, 7) is 6.08. The zero-order chi connectivity index (χ0) is 14.3. The molecular formula is C13H24N2O4. The molecule has 1 saturated heterocycles. The Balaban J connectivity index is 2.46. The van der Waals surface area contributed by atoms with E-state index < -0.39 is 5.54 Å². The van der Waals surface area contributed by atoms with Gasteiger partial charge in [0.2, 0.25) is 0 Å². The van der Waals surface area contributed by atoms with Gasteiger partial charge in [-0.15, -0.1) is 0 Å². The van der Waals surface area contributed by atoms with Gasteiger partial charge in [0.05, 0.1) is 13.2 Å². The Morgan fingerprint density at radius 3 is 2.42 bits per heavy atom. The highest BCUT2D eigenvalue weighted by Crippen LogP contribution is 2.29. The number of hydrogen-bond acceptors (Lipinski definition) is 4. The van der Waals surface area contributed by atoms with Crippen LogP contribution < -0.4 is 5.32 Å². The van der Waals surface area contributed by atoms with Gasteiger partial charge in [0.15, 0.2) is 0 Å². The monoisotopic (exact) mass is 272 g/mol. The van der Waals surface area contributed by atoms with Gasteiger partial charge in [-0.25, -0.2) is 4.79 Å². The molecule has 6 nitrogen and oxygen atoms in total. The molecule has 1 aliphatic heterocycles. The molecule has 6 heteroatoms. The molecule has 0 saturated carbocycles. The quantitative estimate of drug-likeness (QED) is 0.505. The molecule has 1 N–H and O–H groups in total. The van der Waals surface area contributed by atoms with Crippen molar-refractivity contribution in [2.24, 2.45) is 0 Å². The number of urea groups is 1. The lowest BCUT2D eigenvalue weighted by Gasteiger charge is -2.33. The van der Waals surface area contributed by atoms with Crippen LogP contribution in [0.5, 0.6) is 0 Å². The topological polar surface area (TPSA) is 67.9 Å². The first-order valence-corrected chi connectivity index (χ1v) is 6.82. The first-order valence-electron chi connectivity index (χ1n) is 6.82. The number of nitrogens with one attached hydrogen (secondary N) is 1. The van der Waals surface area contributed by atoms with E-state index in [1.54, 1.807) is 12.0 Å². The molecular weight excluding hydrogens is 248 g/mol. The third kappa shape index (κ3) is 3.45. The SMILES string of the molecule is CCC1(CC)C(=O)NC(=O)N1CCCOCCOC. The Hall–Kier alpha value is -1.14. The molecule has 0 aromatic carbocycles. The van der Waals surface area contributed by atoms with Crippen molar-refractivity contribution < 1.29 is 19.1 Å². The lowest BCUT2D eigenvalue weighted by Crippen LogP contribution is -2.49. The van der Waals surface area contributed by atoms with E-state index in [4.69, 9.17) is 9.47 Å². The molecule has 1 aliphatic rings. The molecule has 0 unspecified atom stereocenters. The predicted molar refractivity (Wildman–Crippen MR) is 70.9 cm³/mol. The van der Waals surface area contributed by atoms with E-state index >= 15 is 0 Å². The van der Waals surface area contributed by atoms with E-state index in [1.807, 2.05) is 13.8 Å². The van der Waals surface area contributed by atoms with E-state index in [9.17, 15) is 9.59 Å². The van der Waals surface area contributed by atoms with Crippen molar-refractivity contribution in [3.05, 3.63) is 0 Å². The lowest BCUT2D eigenvalue weighted by atomic mass is 9.91. The van der Waals surface area contributed by atoms with Gasteiger partial charge in [-0.2, -0.15) is 0 Å². The van der Waals surface area contributed by atoms with Crippen molar-refractivity contribution in [2.45, 2.75) is 38.6 Å². The number of imide groups is 1. The Labute approximate surface area is 114 Å². The zero-order valence-electron chi connectivity index (χ0n) is 12.0. The van der Waals surface area contributed by atoms with E-state index in [0.717, 1.165) is 0 Å². The Morgan fingerprint density at radius 2 is 1.84 bits per heavy atom. The molecule has 0 spiro atoms. The molecule has 0 bridgehead atoms. The van der Waals surface area contributed by atoms with Crippen LogP contribution in [0.2, 0.25) is 0 Å². The van der Waals surface area contributed by atoms with Gasteiger partial charge < -0.3 is 14.4 Å². The van der Waals surface area contributed by atoms with Gasteiger partial charge in [-0.05, 0) is 19.3 Å². The summed E-state index contributed by atoms with van der Waals surface area (Å²) in [4.78, 5) is 25.4. The number of amides is 3. The Morgan fingerprint density at radius 1 is 1.16 bits per heavy atom. The fourth-order valence-electron chi connectivity index (χ4n) is 2.44. The standard InChI is InChI=1S/C13H24N2O4/c1-4-13(5-2)11(16)14-12(17)15(13)7-6-8-19-10-9-18-3/h4-10H2,1-3H3,(H,14,16,17). The third-order valence-electron chi connectivity index (χ3n) is 3.68. The highest BCUT2D eigenvalue weighted by Gasteiger charge is 2.49. The first kappa shape index (κ1) is 15.9. The van der Waals surface area contributed by atoms with Crippen LogP contribution in [-0.2, 0) is 14.3 Å². The van der Waals surface area contributed by atoms with E-state index in [0.29, 0.717) is 45.6 Å². The molecule has 19 heavy (non-hydrogen) atoms. The van der Waals surface area contributed by atoms with Gasteiger partial charge in [0, 0.05) is 20.3 Å². The Bertz CT molecular complexity index is 316. The second-order valence-electron chi connectivity index (χ2n) is 4.61. The minimum absolute atomic E-state index is 0.178. The minimum atomic E-state index is -0.677. The smallest absolute Gasteiger partial charge is 0.325 e. The molecule has 3 amide bonds. The van der Waals surface area contributed by atoms with E-state index in [1.165, 1.54) is 0 Å². The fourth-order valence-corrected chi connectivity index (χ4v) is 2.44. The minimum Gasteiger partial charge on any atom is -0.382 e. The van der Waals surface area contributed by atoms with Gasteiger partial charge in [0.1, 0.15) is 5.54 Å². The number of carbonyl (C=O) groups is 2. The number of rotatable bonds is 9. The second-order valence-corrected chi connectivity index (χ2v) is 4.61. The molecule has 1 fully saturated rings.